The van der Waals surface area contributed by atoms with E-state index in [1.807, 2.05) is 20.8 Å². The first kappa shape index (κ1) is 21.2. The van der Waals surface area contributed by atoms with E-state index in [0.29, 0.717) is 28.5 Å². The Morgan fingerprint density at radius 1 is 1.36 bits per heavy atom. The molecule has 0 saturated carbocycles. The molecule has 0 bridgehead atoms. The molecule has 4 nitrogen and oxygen atoms in total. The van der Waals surface area contributed by atoms with E-state index in [0.717, 1.165) is 4.90 Å². The van der Waals surface area contributed by atoms with E-state index >= 15 is 0 Å². The monoisotopic (exact) mass is 375 g/mol. The van der Waals surface area contributed by atoms with Crippen molar-refractivity contribution in [3.63, 3.8) is 0 Å². The predicted molar refractivity (Wildman–Crippen MR) is 95.7 cm³/mol. The molecule has 0 aliphatic heterocycles. The molecule has 0 unspecified atom stereocenters. The maximum absolute atomic E-state index is 12.6. The van der Waals surface area contributed by atoms with Crippen molar-refractivity contribution in [3.05, 3.63) is 28.8 Å². The zero-order valence-corrected chi connectivity index (χ0v) is 15.6. The molecule has 0 aromatic heterocycles. The Hall–Kier alpha value is -1.82. The second kappa shape index (κ2) is 10.2. The molecule has 0 atom stereocenters. The SMILES string of the molecule is CCCN(CC(F)F)C(=O)/C=C/c1cc(Cl)c(OC(C)C)c(OC)c1. The van der Waals surface area contributed by atoms with Gasteiger partial charge in [-0.2, -0.15) is 0 Å². The second-order valence-electron chi connectivity index (χ2n) is 5.71. The standard InChI is InChI=1S/C18H24ClF2NO3/c1-5-8-22(11-16(20)21)17(23)7-6-13-9-14(19)18(25-12(2)3)15(10-13)24-4/h6-7,9-10,12,16H,5,8,11H2,1-4H3/b7-6+. The lowest BCUT2D eigenvalue weighted by Crippen LogP contribution is -2.34. The largest absolute Gasteiger partial charge is 0.493 e. The Morgan fingerprint density at radius 2 is 2.04 bits per heavy atom. The minimum absolute atomic E-state index is 0.0775. The molecule has 1 aromatic rings. The van der Waals surface area contributed by atoms with Gasteiger partial charge in [-0.25, -0.2) is 8.78 Å². The van der Waals surface area contributed by atoms with Gasteiger partial charge in [-0.1, -0.05) is 18.5 Å². The fraction of sp³-hybridized carbons (Fsp3) is 0.500. The summed E-state index contributed by atoms with van der Waals surface area (Å²) in [7, 11) is 1.49. The number of methoxy groups -OCH3 is 1. The first-order chi connectivity index (χ1) is 11.8. The number of benzene rings is 1. The highest BCUT2D eigenvalue weighted by Crippen LogP contribution is 2.37. The van der Waals surface area contributed by atoms with E-state index in [4.69, 9.17) is 21.1 Å². The van der Waals surface area contributed by atoms with E-state index in [1.54, 1.807) is 12.1 Å². The van der Waals surface area contributed by atoms with Crippen LogP contribution < -0.4 is 9.47 Å². The van der Waals surface area contributed by atoms with Gasteiger partial charge in [-0.3, -0.25) is 4.79 Å². The summed E-state index contributed by atoms with van der Waals surface area (Å²) in [6, 6.07) is 3.30. The summed E-state index contributed by atoms with van der Waals surface area (Å²) in [4.78, 5) is 13.2. The van der Waals surface area contributed by atoms with Crippen molar-refractivity contribution in [2.24, 2.45) is 0 Å². The number of rotatable bonds is 9. The van der Waals surface area contributed by atoms with Gasteiger partial charge in [0.15, 0.2) is 11.5 Å². The zero-order valence-electron chi connectivity index (χ0n) is 14.9. The Morgan fingerprint density at radius 3 is 2.56 bits per heavy atom. The van der Waals surface area contributed by atoms with E-state index < -0.39 is 18.9 Å². The molecule has 0 spiro atoms. The molecular weight excluding hydrogens is 352 g/mol. The van der Waals surface area contributed by atoms with Crippen molar-refractivity contribution < 1.29 is 23.0 Å². The van der Waals surface area contributed by atoms with Crippen LogP contribution in [0.5, 0.6) is 11.5 Å². The fourth-order valence-corrected chi connectivity index (χ4v) is 2.45. The number of hydrogen-bond acceptors (Lipinski definition) is 3. The molecule has 1 amide bonds. The van der Waals surface area contributed by atoms with Crippen LogP contribution in [0, 0.1) is 0 Å². The lowest BCUT2D eigenvalue weighted by Gasteiger charge is -2.19. The Bertz CT molecular complexity index is 606. The summed E-state index contributed by atoms with van der Waals surface area (Å²) in [6.07, 6.45) is 0.737. The molecular formula is C18H24ClF2NO3. The third kappa shape index (κ3) is 6.90. The topological polar surface area (TPSA) is 38.8 Å². The summed E-state index contributed by atoms with van der Waals surface area (Å²) in [5.41, 5.74) is 0.611. The molecule has 0 aliphatic carbocycles. The summed E-state index contributed by atoms with van der Waals surface area (Å²) in [5, 5.41) is 0.346. The molecule has 0 aliphatic rings. The van der Waals surface area contributed by atoms with Gasteiger partial charge in [0.2, 0.25) is 5.91 Å². The second-order valence-corrected chi connectivity index (χ2v) is 6.12. The Labute approximate surface area is 152 Å². The van der Waals surface area contributed by atoms with Crippen LogP contribution >= 0.6 is 11.6 Å². The van der Waals surface area contributed by atoms with E-state index in [9.17, 15) is 13.6 Å². The highest BCUT2D eigenvalue weighted by atomic mass is 35.5. The number of carbonyl (C=O) groups excluding carboxylic acids is 1. The summed E-state index contributed by atoms with van der Waals surface area (Å²) in [6.45, 7) is 5.26. The predicted octanol–water partition coefficient (Wildman–Crippen LogP) is 4.65. The third-order valence-electron chi connectivity index (χ3n) is 3.19. The van der Waals surface area contributed by atoms with Gasteiger partial charge in [0.25, 0.3) is 6.43 Å². The van der Waals surface area contributed by atoms with Gasteiger partial charge in [0.05, 0.1) is 24.8 Å². The summed E-state index contributed by atoms with van der Waals surface area (Å²) < 4.78 is 36.0. The molecule has 25 heavy (non-hydrogen) atoms. The number of carbonyl (C=O) groups is 1. The van der Waals surface area contributed by atoms with Crippen LogP contribution in [-0.2, 0) is 4.79 Å². The highest BCUT2D eigenvalue weighted by Gasteiger charge is 2.16. The van der Waals surface area contributed by atoms with Crippen molar-refractivity contribution in [2.75, 3.05) is 20.2 Å². The summed E-state index contributed by atoms with van der Waals surface area (Å²) >= 11 is 6.22. The van der Waals surface area contributed by atoms with Crippen molar-refractivity contribution in [1.82, 2.24) is 4.90 Å². The van der Waals surface area contributed by atoms with E-state index in [-0.39, 0.29) is 12.6 Å². The van der Waals surface area contributed by atoms with Crippen LogP contribution in [0.1, 0.15) is 32.8 Å². The van der Waals surface area contributed by atoms with Crippen molar-refractivity contribution in [1.29, 1.82) is 0 Å². The lowest BCUT2D eigenvalue weighted by atomic mass is 10.1. The van der Waals surface area contributed by atoms with Gasteiger partial charge in [-0.05, 0) is 44.0 Å². The maximum Gasteiger partial charge on any atom is 0.255 e. The lowest BCUT2D eigenvalue weighted by molar-refractivity contribution is -0.127. The van der Waals surface area contributed by atoms with Crippen LogP contribution in [0.15, 0.2) is 18.2 Å². The van der Waals surface area contributed by atoms with Gasteiger partial charge >= 0.3 is 0 Å². The average molecular weight is 376 g/mol. The average Bonchev–Trinajstić information content (AvgIpc) is 2.53. The van der Waals surface area contributed by atoms with Crippen LogP contribution in [0.4, 0.5) is 8.78 Å². The number of halogens is 3. The van der Waals surface area contributed by atoms with Gasteiger partial charge in [-0.15, -0.1) is 0 Å². The highest BCUT2D eigenvalue weighted by molar-refractivity contribution is 6.32. The van der Waals surface area contributed by atoms with E-state index in [1.165, 1.54) is 19.3 Å². The molecule has 7 heteroatoms. The van der Waals surface area contributed by atoms with E-state index in [2.05, 4.69) is 0 Å². The van der Waals surface area contributed by atoms with Crippen LogP contribution in [0.25, 0.3) is 6.08 Å². The summed E-state index contributed by atoms with van der Waals surface area (Å²) in [5.74, 6) is 0.388. The molecule has 1 aromatic carbocycles. The van der Waals surface area contributed by atoms with Crippen molar-refractivity contribution >= 4 is 23.6 Å². The number of alkyl halides is 2. The van der Waals surface area contributed by atoms with Crippen molar-refractivity contribution in [2.45, 2.75) is 39.7 Å². The fourth-order valence-electron chi connectivity index (χ4n) is 2.19. The zero-order chi connectivity index (χ0) is 19.0. The number of hydrogen-bond donors (Lipinski definition) is 0. The molecule has 0 saturated heterocycles. The molecule has 0 N–H and O–H groups in total. The maximum atomic E-state index is 12.6. The quantitative estimate of drug-likeness (QED) is 0.589. The van der Waals surface area contributed by atoms with Crippen LogP contribution in [0.2, 0.25) is 5.02 Å². The number of ether oxygens (including phenoxy) is 2. The Kier molecular flexibility index (Phi) is 8.69. The molecule has 0 heterocycles. The number of amides is 1. The third-order valence-corrected chi connectivity index (χ3v) is 3.47. The Balaban J connectivity index is 2.99. The normalized spacial score (nSPS) is 11.4. The molecule has 0 radical (unpaired) electrons. The molecule has 0 fully saturated rings. The van der Waals surface area contributed by atoms with Crippen LogP contribution in [-0.4, -0.2) is 43.5 Å². The van der Waals surface area contributed by atoms with Gasteiger partial charge in [0.1, 0.15) is 0 Å². The van der Waals surface area contributed by atoms with Crippen LogP contribution in [0.3, 0.4) is 0 Å². The first-order valence-electron chi connectivity index (χ1n) is 8.07. The molecule has 1 rings (SSSR count). The first-order valence-corrected chi connectivity index (χ1v) is 8.45. The van der Waals surface area contributed by atoms with Gasteiger partial charge < -0.3 is 14.4 Å². The van der Waals surface area contributed by atoms with Gasteiger partial charge in [0, 0.05) is 12.6 Å². The molecule has 140 valence electrons. The smallest absolute Gasteiger partial charge is 0.255 e. The minimum Gasteiger partial charge on any atom is -0.493 e. The minimum atomic E-state index is -2.56. The number of nitrogens with zero attached hydrogens (tertiary/aromatic N) is 1. The van der Waals surface area contributed by atoms with Crippen molar-refractivity contribution in [3.8, 4) is 11.5 Å².